The minimum atomic E-state index is -0.400. The first kappa shape index (κ1) is 13.6. The van der Waals surface area contributed by atoms with E-state index in [1.165, 1.54) is 27.4 Å². The summed E-state index contributed by atoms with van der Waals surface area (Å²) in [5, 5.41) is 9.96. The number of nitrogens with zero attached hydrogens (tertiary/aromatic N) is 3. The third kappa shape index (κ3) is 2.23. The first-order valence-electron chi connectivity index (χ1n) is 6.44. The van der Waals surface area contributed by atoms with Crippen LogP contribution in [-0.2, 0) is 11.3 Å². The van der Waals surface area contributed by atoms with E-state index in [0.29, 0.717) is 24.9 Å². The summed E-state index contributed by atoms with van der Waals surface area (Å²) in [6.07, 6.45) is 1.35. The molecule has 20 heavy (non-hydrogen) atoms. The molecule has 1 aromatic heterocycles. The zero-order valence-corrected chi connectivity index (χ0v) is 11.6. The van der Waals surface area contributed by atoms with Crippen molar-refractivity contribution < 1.29 is 14.6 Å². The van der Waals surface area contributed by atoms with Gasteiger partial charge in [0.2, 0.25) is 0 Å². The van der Waals surface area contributed by atoms with Crippen LogP contribution in [0.4, 0.5) is 0 Å². The van der Waals surface area contributed by atoms with Crippen LogP contribution in [0.2, 0.25) is 0 Å². The van der Waals surface area contributed by atoms with Crippen molar-refractivity contribution in [2.24, 2.45) is 0 Å². The van der Waals surface area contributed by atoms with Gasteiger partial charge in [0.1, 0.15) is 5.56 Å². The summed E-state index contributed by atoms with van der Waals surface area (Å²) in [6, 6.07) is -0.400. The highest BCUT2D eigenvalue weighted by atomic mass is 32.2. The second kappa shape index (κ2) is 5.55. The lowest BCUT2D eigenvalue weighted by atomic mass is 10.2. The Morgan fingerprint density at radius 1 is 1.55 bits per heavy atom. The van der Waals surface area contributed by atoms with Crippen molar-refractivity contribution in [3.05, 3.63) is 22.1 Å². The fraction of sp³-hybridized carbons (Fsp3) is 0.583. The number of rotatable bonds is 2. The van der Waals surface area contributed by atoms with Gasteiger partial charge in [-0.1, -0.05) is 11.8 Å². The highest BCUT2D eigenvalue weighted by Gasteiger charge is 2.30. The van der Waals surface area contributed by atoms with E-state index < -0.39 is 6.04 Å². The molecule has 8 heteroatoms. The van der Waals surface area contributed by atoms with Gasteiger partial charge >= 0.3 is 0 Å². The van der Waals surface area contributed by atoms with Crippen molar-refractivity contribution in [1.82, 2.24) is 14.5 Å². The van der Waals surface area contributed by atoms with E-state index in [-0.39, 0.29) is 30.2 Å². The maximum absolute atomic E-state index is 12.5. The SMILES string of the molecule is O=C(c1cnc2n(c1=O)CCS2)N1CCOCC1CO. The summed E-state index contributed by atoms with van der Waals surface area (Å²) in [7, 11) is 0. The van der Waals surface area contributed by atoms with Gasteiger partial charge in [-0.2, -0.15) is 0 Å². The number of carbonyl (C=O) groups is 1. The zero-order chi connectivity index (χ0) is 14.1. The van der Waals surface area contributed by atoms with Crippen LogP contribution < -0.4 is 5.56 Å². The van der Waals surface area contributed by atoms with E-state index in [9.17, 15) is 14.7 Å². The van der Waals surface area contributed by atoms with Gasteiger partial charge in [0.15, 0.2) is 5.16 Å². The molecule has 2 aliphatic heterocycles. The largest absolute Gasteiger partial charge is 0.394 e. The van der Waals surface area contributed by atoms with E-state index in [0.717, 1.165) is 5.75 Å². The molecule has 1 fully saturated rings. The molecule has 2 aliphatic rings. The van der Waals surface area contributed by atoms with Gasteiger partial charge in [-0.3, -0.25) is 14.2 Å². The first-order valence-corrected chi connectivity index (χ1v) is 7.43. The number of fused-ring (bicyclic) bond motifs is 1. The predicted octanol–water partition coefficient (Wildman–Crippen LogP) is -0.818. The van der Waals surface area contributed by atoms with Crippen LogP contribution in [0.25, 0.3) is 0 Å². The molecule has 1 saturated heterocycles. The molecule has 108 valence electrons. The van der Waals surface area contributed by atoms with Gasteiger partial charge in [-0.05, 0) is 0 Å². The van der Waals surface area contributed by atoms with Crippen molar-refractivity contribution in [2.75, 3.05) is 32.1 Å². The molecular formula is C12H15N3O4S. The number of thioether (sulfide) groups is 1. The molecule has 7 nitrogen and oxygen atoms in total. The van der Waals surface area contributed by atoms with Gasteiger partial charge in [-0.25, -0.2) is 4.98 Å². The van der Waals surface area contributed by atoms with Crippen LogP contribution in [-0.4, -0.2) is 63.6 Å². The van der Waals surface area contributed by atoms with Crippen LogP contribution in [0.3, 0.4) is 0 Å². The maximum Gasteiger partial charge on any atom is 0.267 e. The molecule has 3 rings (SSSR count). The molecule has 0 bridgehead atoms. The third-order valence-corrected chi connectivity index (χ3v) is 4.46. The Kier molecular flexibility index (Phi) is 3.77. The zero-order valence-electron chi connectivity index (χ0n) is 10.8. The number of ether oxygens (including phenoxy) is 1. The summed E-state index contributed by atoms with van der Waals surface area (Å²) in [5.41, 5.74) is -0.232. The lowest BCUT2D eigenvalue weighted by Crippen LogP contribution is -2.51. The molecule has 0 aliphatic carbocycles. The highest BCUT2D eigenvalue weighted by Crippen LogP contribution is 2.21. The molecule has 0 spiro atoms. The van der Waals surface area contributed by atoms with Gasteiger partial charge in [0.25, 0.3) is 11.5 Å². The lowest BCUT2D eigenvalue weighted by Gasteiger charge is -2.34. The lowest BCUT2D eigenvalue weighted by molar-refractivity contribution is -0.0185. The number of morpholine rings is 1. The molecule has 1 unspecified atom stereocenters. The van der Waals surface area contributed by atoms with Gasteiger partial charge in [0, 0.05) is 25.0 Å². The molecule has 3 heterocycles. The number of aromatic nitrogens is 2. The van der Waals surface area contributed by atoms with Crippen molar-refractivity contribution >= 4 is 17.7 Å². The number of carbonyl (C=O) groups excluding carboxylic acids is 1. The summed E-state index contributed by atoms with van der Waals surface area (Å²) < 4.78 is 6.77. The molecule has 1 atom stereocenters. The molecular weight excluding hydrogens is 282 g/mol. The summed E-state index contributed by atoms with van der Waals surface area (Å²) in [4.78, 5) is 30.5. The number of hydrogen-bond acceptors (Lipinski definition) is 6. The van der Waals surface area contributed by atoms with E-state index in [4.69, 9.17) is 4.74 Å². The average Bonchev–Trinajstić information content (AvgIpc) is 2.96. The molecule has 0 radical (unpaired) electrons. The van der Waals surface area contributed by atoms with E-state index in [1.807, 2.05) is 0 Å². The Bertz CT molecular complexity index is 589. The average molecular weight is 297 g/mol. The van der Waals surface area contributed by atoms with Crippen LogP contribution in [0, 0.1) is 0 Å². The Morgan fingerprint density at radius 2 is 2.40 bits per heavy atom. The number of hydrogen-bond donors (Lipinski definition) is 1. The van der Waals surface area contributed by atoms with Gasteiger partial charge in [0.05, 0.1) is 25.9 Å². The normalized spacial score (nSPS) is 21.9. The van der Waals surface area contributed by atoms with Crippen molar-refractivity contribution in [1.29, 1.82) is 0 Å². The van der Waals surface area contributed by atoms with E-state index in [2.05, 4.69) is 4.98 Å². The summed E-state index contributed by atoms with van der Waals surface area (Å²) >= 11 is 1.51. The smallest absolute Gasteiger partial charge is 0.267 e. The minimum absolute atomic E-state index is 0.0663. The molecule has 0 saturated carbocycles. The second-order valence-corrected chi connectivity index (χ2v) is 5.73. The quantitative estimate of drug-likeness (QED) is 0.718. The Balaban J connectivity index is 1.93. The van der Waals surface area contributed by atoms with Crippen LogP contribution >= 0.6 is 11.8 Å². The van der Waals surface area contributed by atoms with Gasteiger partial charge < -0.3 is 14.7 Å². The summed E-state index contributed by atoms with van der Waals surface area (Å²) in [6.45, 7) is 1.48. The Hall–Kier alpha value is -1.38. The fourth-order valence-corrected chi connectivity index (χ4v) is 3.31. The van der Waals surface area contributed by atoms with Crippen molar-refractivity contribution in [2.45, 2.75) is 17.7 Å². The fourth-order valence-electron chi connectivity index (χ4n) is 2.39. The van der Waals surface area contributed by atoms with E-state index in [1.54, 1.807) is 0 Å². The van der Waals surface area contributed by atoms with Crippen LogP contribution in [0.5, 0.6) is 0 Å². The standard InChI is InChI=1S/C12H15N3O4S/c16-6-8-7-19-3-1-14(8)10(17)9-5-13-12-15(11(9)18)2-4-20-12/h5,8,16H,1-4,6-7H2. The van der Waals surface area contributed by atoms with Crippen LogP contribution in [0.1, 0.15) is 10.4 Å². The summed E-state index contributed by atoms with van der Waals surface area (Å²) in [5.74, 6) is 0.425. The monoisotopic (exact) mass is 297 g/mol. The van der Waals surface area contributed by atoms with Gasteiger partial charge in [-0.15, -0.1) is 0 Å². The molecule has 1 aromatic rings. The maximum atomic E-state index is 12.5. The van der Waals surface area contributed by atoms with Crippen LogP contribution in [0.15, 0.2) is 16.1 Å². The molecule has 1 N–H and O–H groups in total. The first-order chi connectivity index (χ1) is 9.72. The minimum Gasteiger partial charge on any atom is -0.394 e. The highest BCUT2D eigenvalue weighted by molar-refractivity contribution is 7.99. The van der Waals surface area contributed by atoms with Crippen molar-refractivity contribution in [3.8, 4) is 0 Å². The predicted molar refractivity (Wildman–Crippen MR) is 72.0 cm³/mol. The van der Waals surface area contributed by atoms with Crippen molar-refractivity contribution in [3.63, 3.8) is 0 Å². The Labute approximate surface area is 119 Å². The second-order valence-electron chi connectivity index (χ2n) is 4.67. The molecule has 0 aromatic carbocycles. The number of aliphatic hydroxyl groups excluding tert-OH is 1. The molecule has 1 amide bonds. The number of aliphatic hydroxyl groups is 1. The number of amides is 1. The third-order valence-electron chi connectivity index (χ3n) is 3.49. The topological polar surface area (TPSA) is 84.7 Å². The Morgan fingerprint density at radius 3 is 3.20 bits per heavy atom. The van der Waals surface area contributed by atoms with E-state index >= 15 is 0 Å².